The van der Waals surface area contributed by atoms with E-state index in [1.165, 1.54) is 7.11 Å². The molecule has 2 N–H and O–H groups in total. The molecule has 6 nitrogen and oxygen atoms in total. The van der Waals surface area contributed by atoms with Crippen LogP contribution < -0.4 is 5.32 Å². The summed E-state index contributed by atoms with van der Waals surface area (Å²) < 4.78 is 5.34. The Labute approximate surface area is 158 Å². The fraction of sp³-hybridized carbons (Fsp3) is 0.619. The molecule has 0 radical (unpaired) electrons. The van der Waals surface area contributed by atoms with Crippen molar-refractivity contribution >= 4 is 17.4 Å². The van der Waals surface area contributed by atoms with E-state index in [1.54, 1.807) is 6.92 Å². The van der Waals surface area contributed by atoms with Crippen LogP contribution in [0.3, 0.4) is 0 Å². The Bertz CT molecular complexity index is 824. The molecule has 0 aromatic heterocycles. The van der Waals surface area contributed by atoms with Gasteiger partial charge in [-0.2, -0.15) is 0 Å². The van der Waals surface area contributed by atoms with E-state index >= 15 is 0 Å². The van der Waals surface area contributed by atoms with Gasteiger partial charge in [0.1, 0.15) is 11.0 Å². The molecule has 4 fully saturated rings. The minimum atomic E-state index is -0.989. The number of rotatable bonds is 2. The van der Waals surface area contributed by atoms with E-state index in [0.29, 0.717) is 18.4 Å². The zero-order chi connectivity index (χ0) is 19.0. The first-order valence-electron chi connectivity index (χ1n) is 9.87. The molecule has 6 heteroatoms. The van der Waals surface area contributed by atoms with E-state index in [-0.39, 0.29) is 29.6 Å². The number of anilines is 1. The van der Waals surface area contributed by atoms with Crippen molar-refractivity contribution in [2.24, 2.45) is 17.3 Å². The summed E-state index contributed by atoms with van der Waals surface area (Å²) in [6, 6.07) is 7.33. The van der Waals surface area contributed by atoms with E-state index in [2.05, 4.69) is 10.2 Å². The Kier molecular flexibility index (Phi) is 3.53. The fourth-order valence-corrected chi connectivity index (χ4v) is 6.71. The van der Waals surface area contributed by atoms with E-state index in [1.807, 2.05) is 24.3 Å². The van der Waals surface area contributed by atoms with Crippen LogP contribution in [0.5, 0.6) is 0 Å². The van der Waals surface area contributed by atoms with Crippen LogP contribution in [0.2, 0.25) is 0 Å². The number of hydrogen-bond acceptors (Lipinski definition) is 6. The van der Waals surface area contributed by atoms with Gasteiger partial charge in [-0.15, -0.1) is 0 Å². The van der Waals surface area contributed by atoms with E-state index < -0.39 is 17.1 Å². The van der Waals surface area contributed by atoms with Gasteiger partial charge in [0.05, 0.1) is 13.2 Å². The van der Waals surface area contributed by atoms with E-state index in [9.17, 15) is 14.7 Å². The number of carbonyl (C=O) groups excluding carboxylic acids is 2. The predicted octanol–water partition coefficient (Wildman–Crippen LogP) is 1.69. The summed E-state index contributed by atoms with van der Waals surface area (Å²) in [6.07, 6.45) is 1.58. The van der Waals surface area contributed by atoms with Gasteiger partial charge >= 0.3 is 5.97 Å². The molecule has 4 bridgehead atoms. The second-order valence-corrected chi connectivity index (χ2v) is 8.77. The second-order valence-electron chi connectivity index (χ2n) is 8.77. The van der Waals surface area contributed by atoms with Crippen LogP contribution in [0, 0.1) is 17.3 Å². The molecule has 4 aliphatic heterocycles. The summed E-state index contributed by atoms with van der Waals surface area (Å²) in [4.78, 5) is 29.4. The van der Waals surface area contributed by atoms with Crippen LogP contribution >= 0.6 is 0 Å². The highest BCUT2D eigenvalue weighted by Crippen LogP contribution is 2.62. The maximum Gasteiger partial charge on any atom is 0.316 e. The smallest absolute Gasteiger partial charge is 0.316 e. The number of ether oxygens (including phenoxy) is 1. The van der Waals surface area contributed by atoms with Crippen molar-refractivity contribution < 1.29 is 19.4 Å². The minimum absolute atomic E-state index is 0.0000397. The normalized spacial score (nSPS) is 42.6. The Morgan fingerprint density at radius 3 is 2.89 bits per heavy atom. The number of methoxy groups -OCH3 is 1. The number of nitrogens with one attached hydrogen (secondary N) is 1. The molecule has 27 heavy (non-hydrogen) atoms. The number of aliphatic hydroxyl groups excluding tert-OH is 1. The van der Waals surface area contributed by atoms with Gasteiger partial charge in [-0.05, 0) is 44.2 Å². The molecule has 2 unspecified atom stereocenters. The van der Waals surface area contributed by atoms with Gasteiger partial charge in [0.2, 0.25) is 0 Å². The molecular formula is C21H26N2O4. The molecule has 4 heterocycles. The van der Waals surface area contributed by atoms with Crippen molar-refractivity contribution in [2.75, 3.05) is 25.5 Å². The summed E-state index contributed by atoms with van der Waals surface area (Å²) in [6.45, 7) is 3.48. The summed E-state index contributed by atoms with van der Waals surface area (Å²) in [5.74, 6) is -0.0720. The number of hydrogen-bond donors (Lipinski definition) is 2. The van der Waals surface area contributed by atoms with Crippen molar-refractivity contribution in [2.45, 2.75) is 43.9 Å². The third kappa shape index (κ3) is 1.93. The van der Waals surface area contributed by atoms with Crippen LogP contribution in [-0.2, 0) is 9.53 Å². The van der Waals surface area contributed by atoms with Crippen molar-refractivity contribution in [3.05, 3.63) is 29.8 Å². The average molecular weight is 370 g/mol. The third-order valence-electron chi connectivity index (χ3n) is 7.62. The number of nitrogens with zero attached hydrogens (tertiary/aromatic N) is 1. The van der Waals surface area contributed by atoms with Gasteiger partial charge in [-0.3, -0.25) is 14.5 Å². The molecule has 5 aliphatic rings. The average Bonchev–Trinajstić information content (AvgIpc) is 2.97. The lowest BCUT2D eigenvalue weighted by Gasteiger charge is -2.67. The van der Waals surface area contributed by atoms with E-state index in [0.717, 1.165) is 25.2 Å². The summed E-state index contributed by atoms with van der Waals surface area (Å²) >= 11 is 0. The lowest BCUT2D eigenvalue weighted by atomic mass is 9.47. The zero-order valence-corrected chi connectivity index (χ0v) is 15.8. The van der Waals surface area contributed by atoms with E-state index in [4.69, 9.17) is 4.74 Å². The highest BCUT2D eigenvalue weighted by molar-refractivity contribution is 6.16. The molecule has 1 aromatic rings. The molecule has 1 aliphatic carbocycles. The Morgan fingerprint density at radius 2 is 2.19 bits per heavy atom. The molecule has 3 saturated heterocycles. The van der Waals surface area contributed by atoms with Gasteiger partial charge in [0.25, 0.3) is 0 Å². The standard InChI is InChI=1S/C21H26N2O4/c1-12(24)15-9-13-10-20(19(26)27-2)17(15)23(11-13)8-7-21(20)18(25)14-5-3-4-6-16(14)22-21/h3-6,12-13,15,17,22,24H,7-11H2,1-2H3/t12?,13-,15-,17-,20+,21+/m0/s1. The Balaban J connectivity index is 1.72. The number of carbonyl (C=O) groups is 2. The first kappa shape index (κ1) is 17.2. The number of para-hydroxylation sites is 1. The zero-order valence-electron chi connectivity index (χ0n) is 15.8. The van der Waals surface area contributed by atoms with Crippen LogP contribution in [0.1, 0.15) is 36.5 Å². The van der Waals surface area contributed by atoms with Gasteiger partial charge in [-0.25, -0.2) is 0 Å². The SMILES string of the molecule is COC(=O)[C@@]12C[C@@H]3C[C@@H](C(C)O)[C@@H]1N(CC[C@]21Nc2ccccc2C1=O)C3. The predicted molar refractivity (Wildman–Crippen MR) is 99.4 cm³/mol. The molecule has 144 valence electrons. The topological polar surface area (TPSA) is 78.9 Å². The summed E-state index contributed by atoms with van der Waals surface area (Å²) in [5.41, 5.74) is -0.505. The number of aliphatic hydroxyl groups is 1. The number of piperidine rings is 3. The lowest BCUT2D eigenvalue weighted by Crippen LogP contribution is -2.80. The quantitative estimate of drug-likeness (QED) is 0.772. The van der Waals surface area contributed by atoms with Crippen molar-refractivity contribution in [3.63, 3.8) is 0 Å². The van der Waals surface area contributed by atoms with Gasteiger partial charge in [0, 0.05) is 36.3 Å². The van der Waals surface area contributed by atoms with Crippen LogP contribution in [0.4, 0.5) is 5.69 Å². The van der Waals surface area contributed by atoms with Crippen molar-refractivity contribution in [1.29, 1.82) is 0 Å². The van der Waals surface area contributed by atoms with Crippen molar-refractivity contribution in [3.8, 4) is 0 Å². The molecule has 7 atom stereocenters. The lowest BCUT2D eigenvalue weighted by molar-refractivity contribution is -0.200. The molecule has 1 saturated carbocycles. The summed E-state index contributed by atoms with van der Waals surface area (Å²) in [5, 5.41) is 14.0. The molecule has 6 rings (SSSR count). The number of esters is 1. The molecule has 1 spiro atoms. The van der Waals surface area contributed by atoms with Gasteiger partial charge < -0.3 is 15.2 Å². The number of fused-ring (bicyclic) bond motifs is 2. The number of ketones is 1. The third-order valence-corrected chi connectivity index (χ3v) is 7.62. The number of Topliss-reactive ketones (excluding diaryl/α,β-unsaturated/α-hetero) is 1. The maximum atomic E-state index is 13.7. The fourth-order valence-electron chi connectivity index (χ4n) is 6.71. The van der Waals surface area contributed by atoms with Crippen LogP contribution in [-0.4, -0.2) is 59.6 Å². The second kappa shape index (κ2) is 5.55. The van der Waals surface area contributed by atoms with Crippen molar-refractivity contribution in [1.82, 2.24) is 4.90 Å². The first-order valence-corrected chi connectivity index (χ1v) is 9.87. The molecule has 0 amide bonds. The number of benzene rings is 1. The summed E-state index contributed by atoms with van der Waals surface area (Å²) in [7, 11) is 1.41. The van der Waals surface area contributed by atoms with Gasteiger partial charge in [-0.1, -0.05) is 12.1 Å². The highest BCUT2D eigenvalue weighted by Gasteiger charge is 2.75. The van der Waals surface area contributed by atoms with Gasteiger partial charge in [0.15, 0.2) is 5.78 Å². The monoisotopic (exact) mass is 370 g/mol. The molecule has 1 aromatic carbocycles. The first-order chi connectivity index (χ1) is 12.9. The van der Waals surface area contributed by atoms with Crippen LogP contribution in [0.25, 0.3) is 0 Å². The van der Waals surface area contributed by atoms with Crippen LogP contribution in [0.15, 0.2) is 24.3 Å². The largest absolute Gasteiger partial charge is 0.468 e. The minimum Gasteiger partial charge on any atom is -0.468 e. The highest BCUT2D eigenvalue weighted by atomic mass is 16.5. The Hall–Kier alpha value is -1.92. The molecular weight excluding hydrogens is 344 g/mol. The maximum absolute atomic E-state index is 13.7. The Morgan fingerprint density at radius 1 is 1.41 bits per heavy atom.